The molecule has 132 valence electrons. The number of aryl methyl sites for hydroxylation is 1. The van der Waals surface area contributed by atoms with Crippen LogP contribution in [0.15, 0.2) is 41.4 Å². The molecule has 24 heavy (non-hydrogen) atoms. The van der Waals surface area contributed by atoms with Crippen LogP contribution in [-0.4, -0.2) is 24.2 Å². The van der Waals surface area contributed by atoms with Crippen molar-refractivity contribution in [2.24, 2.45) is 4.99 Å². The summed E-state index contributed by atoms with van der Waals surface area (Å²) in [6.45, 7) is 5.82. The Hall–Kier alpha value is -0.830. The van der Waals surface area contributed by atoms with E-state index in [9.17, 15) is 5.11 Å². The molecule has 0 aliphatic heterocycles. The summed E-state index contributed by atoms with van der Waals surface area (Å²) in [6.07, 6.45) is -0.684. The lowest BCUT2D eigenvalue weighted by Gasteiger charge is -2.16. The lowest BCUT2D eigenvalue weighted by molar-refractivity contribution is 0.181. The van der Waals surface area contributed by atoms with Gasteiger partial charge in [-0.05, 0) is 32.0 Å². The number of thiophene rings is 1. The second kappa shape index (κ2) is 10.9. The van der Waals surface area contributed by atoms with Crippen molar-refractivity contribution in [3.63, 3.8) is 0 Å². The highest BCUT2D eigenvalue weighted by Crippen LogP contribution is 2.21. The van der Waals surface area contributed by atoms with Crippen LogP contribution in [-0.2, 0) is 6.54 Å². The van der Waals surface area contributed by atoms with Crippen molar-refractivity contribution in [2.75, 3.05) is 13.1 Å². The summed E-state index contributed by atoms with van der Waals surface area (Å²) < 4.78 is 0. The molecular weight excluding hydrogens is 457 g/mol. The van der Waals surface area contributed by atoms with E-state index < -0.39 is 6.10 Å². The van der Waals surface area contributed by atoms with Crippen LogP contribution in [0.4, 0.5) is 0 Å². The van der Waals surface area contributed by atoms with Gasteiger partial charge in [0, 0.05) is 33.4 Å². The first kappa shape index (κ1) is 21.2. The van der Waals surface area contributed by atoms with E-state index in [1.165, 1.54) is 9.75 Å². The Morgan fingerprint density at radius 1 is 1.25 bits per heavy atom. The highest BCUT2D eigenvalue weighted by molar-refractivity contribution is 14.0. The van der Waals surface area contributed by atoms with Gasteiger partial charge >= 0.3 is 0 Å². The number of hydrogen-bond donors (Lipinski definition) is 3. The van der Waals surface area contributed by atoms with Crippen LogP contribution in [0.3, 0.4) is 0 Å². The number of guanidine groups is 1. The minimum Gasteiger partial charge on any atom is -0.387 e. The highest BCUT2D eigenvalue weighted by atomic mass is 127. The van der Waals surface area contributed by atoms with Gasteiger partial charge in [-0.15, -0.1) is 35.3 Å². The average molecular weight is 480 g/mol. The number of nitrogens with one attached hydrogen (secondary N) is 2. The summed E-state index contributed by atoms with van der Waals surface area (Å²) in [7, 11) is 0. The number of aliphatic imine (C=N–C) groups is 1. The Bertz CT molecular complexity index is 663. The molecule has 1 aromatic carbocycles. The summed E-state index contributed by atoms with van der Waals surface area (Å²) in [6, 6.07) is 11.5. The third-order valence-electron chi connectivity index (χ3n) is 3.26. The maximum Gasteiger partial charge on any atom is 0.191 e. The van der Waals surface area contributed by atoms with Crippen molar-refractivity contribution in [3.05, 3.63) is 56.7 Å². The Morgan fingerprint density at radius 3 is 2.62 bits per heavy atom. The number of hydrogen-bond acceptors (Lipinski definition) is 3. The van der Waals surface area contributed by atoms with Crippen LogP contribution in [0.25, 0.3) is 0 Å². The lowest BCUT2D eigenvalue weighted by Crippen LogP contribution is -2.39. The minimum absolute atomic E-state index is 0. The monoisotopic (exact) mass is 479 g/mol. The van der Waals surface area contributed by atoms with Crippen LogP contribution in [0.1, 0.15) is 28.3 Å². The summed E-state index contributed by atoms with van der Waals surface area (Å²) >= 11 is 7.85. The van der Waals surface area contributed by atoms with E-state index in [1.807, 2.05) is 25.1 Å². The fourth-order valence-electron chi connectivity index (χ4n) is 2.12. The van der Waals surface area contributed by atoms with Crippen LogP contribution >= 0.6 is 46.9 Å². The Kier molecular flexibility index (Phi) is 9.65. The molecule has 1 heterocycles. The molecule has 0 aliphatic rings. The van der Waals surface area contributed by atoms with Crippen LogP contribution < -0.4 is 10.6 Å². The molecule has 3 N–H and O–H groups in total. The molecule has 0 amide bonds. The largest absolute Gasteiger partial charge is 0.387 e. The van der Waals surface area contributed by atoms with Crippen molar-refractivity contribution in [3.8, 4) is 0 Å². The number of aliphatic hydroxyl groups is 1. The molecule has 0 saturated heterocycles. The predicted molar refractivity (Wildman–Crippen MR) is 114 cm³/mol. The SMILES string of the molecule is CCNC(=NCc1ccc(C)s1)NCC(O)c1ccccc1Cl.I. The van der Waals surface area contributed by atoms with Crippen molar-refractivity contribution in [1.82, 2.24) is 10.6 Å². The molecular formula is C17H23ClIN3OS. The molecule has 0 spiro atoms. The summed E-state index contributed by atoms with van der Waals surface area (Å²) in [5.41, 5.74) is 0.714. The van der Waals surface area contributed by atoms with Gasteiger partial charge < -0.3 is 15.7 Å². The third-order valence-corrected chi connectivity index (χ3v) is 4.59. The van der Waals surface area contributed by atoms with Gasteiger partial charge in [0.1, 0.15) is 0 Å². The molecule has 0 bridgehead atoms. The highest BCUT2D eigenvalue weighted by Gasteiger charge is 2.11. The first-order valence-corrected chi connectivity index (χ1v) is 8.79. The van der Waals surface area contributed by atoms with E-state index in [-0.39, 0.29) is 24.0 Å². The van der Waals surface area contributed by atoms with Gasteiger partial charge in [-0.1, -0.05) is 29.8 Å². The van der Waals surface area contributed by atoms with E-state index in [2.05, 4.69) is 34.7 Å². The molecule has 2 rings (SSSR count). The topological polar surface area (TPSA) is 56.7 Å². The van der Waals surface area contributed by atoms with Crippen molar-refractivity contribution in [2.45, 2.75) is 26.5 Å². The molecule has 4 nitrogen and oxygen atoms in total. The van der Waals surface area contributed by atoms with Crippen molar-refractivity contribution >= 4 is 52.9 Å². The molecule has 0 aliphatic carbocycles. The second-order valence-electron chi connectivity index (χ2n) is 5.13. The average Bonchev–Trinajstić information content (AvgIpc) is 2.95. The van der Waals surface area contributed by atoms with E-state index >= 15 is 0 Å². The third kappa shape index (κ3) is 6.58. The molecule has 7 heteroatoms. The number of rotatable bonds is 6. The number of aliphatic hydroxyl groups excluding tert-OH is 1. The number of benzene rings is 1. The summed E-state index contributed by atoms with van der Waals surface area (Å²) in [5.74, 6) is 0.685. The maximum absolute atomic E-state index is 10.3. The van der Waals surface area contributed by atoms with Gasteiger partial charge in [-0.2, -0.15) is 0 Å². The molecule has 1 aromatic heterocycles. The maximum atomic E-state index is 10.3. The molecule has 0 saturated carbocycles. The lowest BCUT2D eigenvalue weighted by atomic mass is 10.1. The smallest absolute Gasteiger partial charge is 0.191 e. The second-order valence-corrected chi connectivity index (χ2v) is 6.91. The summed E-state index contributed by atoms with van der Waals surface area (Å²) in [5, 5.41) is 17.2. The van der Waals surface area contributed by atoms with Crippen molar-refractivity contribution in [1.29, 1.82) is 0 Å². The first-order valence-electron chi connectivity index (χ1n) is 7.60. The van der Waals surface area contributed by atoms with E-state index in [0.717, 1.165) is 6.54 Å². The Morgan fingerprint density at radius 2 is 2.00 bits per heavy atom. The van der Waals surface area contributed by atoms with Gasteiger partial charge in [-0.3, -0.25) is 0 Å². The molecule has 0 fully saturated rings. The zero-order valence-corrected chi connectivity index (χ0v) is 17.7. The quantitative estimate of drug-likeness (QED) is 0.332. The van der Waals surface area contributed by atoms with Gasteiger partial charge in [-0.25, -0.2) is 4.99 Å². The fraction of sp³-hybridized carbons (Fsp3) is 0.353. The van der Waals surface area contributed by atoms with Crippen LogP contribution in [0, 0.1) is 6.92 Å². The Balaban J connectivity index is 0.00000288. The van der Waals surface area contributed by atoms with Crippen molar-refractivity contribution < 1.29 is 5.11 Å². The molecule has 1 atom stereocenters. The summed E-state index contributed by atoms with van der Waals surface area (Å²) in [4.78, 5) is 7.04. The molecule has 0 radical (unpaired) electrons. The minimum atomic E-state index is -0.684. The van der Waals surface area contributed by atoms with E-state index in [0.29, 0.717) is 29.6 Å². The Labute approximate surface area is 169 Å². The normalized spacial score (nSPS) is 12.4. The molecule has 2 aromatic rings. The van der Waals surface area contributed by atoms with E-state index in [1.54, 1.807) is 17.4 Å². The van der Waals surface area contributed by atoms with Crippen LogP contribution in [0.2, 0.25) is 5.02 Å². The van der Waals surface area contributed by atoms with Gasteiger partial charge in [0.15, 0.2) is 5.96 Å². The number of nitrogens with zero attached hydrogens (tertiary/aromatic N) is 1. The van der Waals surface area contributed by atoms with Gasteiger partial charge in [0.25, 0.3) is 0 Å². The standard InChI is InChI=1S/C17H22ClN3OS.HI/c1-3-19-17(20-10-13-9-8-12(2)23-13)21-11-16(22)14-6-4-5-7-15(14)18;/h4-9,16,22H,3,10-11H2,1-2H3,(H2,19,20,21);1H. The van der Waals surface area contributed by atoms with Gasteiger partial charge in [0.05, 0.1) is 12.6 Å². The zero-order chi connectivity index (χ0) is 16.7. The first-order chi connectivity index (χ1) is 11.1. The molecule has 1 unspecified atom stereocenters. The zero-order valence-electron chi connectivity index (χ0n) is 13.8. The van der Waals surface area contributed by atoms with E-state index in [4.69, 9.17) is 11.6 Å². The predicted octanol–water partition coefficient (Wildman–Crippen LogP) is 4.12. The number of halogens is 2. The van der Waals surface area contributed by atoms with Crippen LogP contribution in [0.5, 0.6) is 0 Å². The fourth-order valence-corrected chi connectivity index (χ4v) is 3.19. The van der Waals surface area contributed by atoms with Gasteiger partial charge in [0.2, 0.25) is 0 Å².